The number of thioether (sulfide) groups is 2. The standard InChI is InChI=1S/C20H22N6O2S3/c27-31(28,25-9-2-1-3-10-25)17-6-7-18(22-12-17)29-13-16-14-30-20-24-23-19(26(16)20)15-5-4-8-21-11-15/h4-8,11-12,16H,1-3,9-10,13-14H2. The zero-order chi connectivity index (χ0) is 21.3. The van der Waals surface area contributed by atoms with Gasteiger partial charge in [-0.15, -0.1) is 22.0 Å². The van der Waals surface area contributed by atoms with Gasteiger partial charge in [0.2, 0.25) is 10.0 Å². The third kappa shape index (κ3) is 4.23. The third-order valence-electron chi connectivity index (χ3n) is 5.44. The molecule has 31 heavy (non-hydrogen) atoms. The van der Waals surface area contributed by atoms with E-state index in [2.05, 4.69) is 24.7 Å². The Balaban J connectivity index is 1.28. The van der Waals surface area contributed by atoms with Gasteiger partial charge in [0.15, 0.2) is 11.0 Å². The molecule has 0 bridgehead atoms. The monoisotopic (exact) mass is 474 g/mol. The first-order valence-corrected chi connectivity index (χ1v) is 13.6. The average molecular weight is 475 g/mol. The topological polar surface area (TPSA) is 93.9 Å². The number of nitrogens with zero attached hydrogens (tertiary/aromatic N) is 6. The largest absolute Gasteiger partial charge is 0.297 e. The molecule has 0 saturated carbocycles. The van der Waals surface area contributed by atoms with E-state index in [-0.39, 0.29) is 10.9 Å². The van der Waals surface area contributed by atoms with E-state index in [4.69, 9.17) is 0 Å². The van der Waals surface area contributed by atoms with Gasteiger partial charge in [0.05, 0.1) is 11.1 Å². The maximum atomic E-state index is 12.8. The Morgan fingerprint density at radius 3 is 2.71 bits per heavy atom. The summed E-state index contributed by atoms with van der Waals surface area (Å²) in [5, 5.41) is 10.4. The Bertz CT molecular complexity index is 1150. The maximum Gasteiger partial charge on any atom is 0.244 e. The molecule has 1 fully saturated rings. The highest BCUT2D eigenvalue weighted by Crippen LogP contribution is 2.38. The van der Waals surface area contributed by atoms with Gasteiger partial charge in [0, 0.05) is 48.7 Å². The summed E-state index contributed by atoms with van der Waals surface area (Å²) in [6.07, 6.45) is 7.97. The van der Waals surface area contributed by atoms with Crippen LogP contribution < -0.4 is 0 Å². The van der Waals surface area contributed by atoms with Crippen molar-refractivity contribution in [2.24, 2.45) is 0 Å². The van der Waals surface area contributed by atoms with E-state index < -0.39 is 10.0 Å². The number of sulfonamides is 1. The highest BCUT2D eigenvalue weighted by atomic mass is 32.2. The second-order valence-electron chi connectivity index (χ2n) is 7.49. The van der Waals surface area contributed by atoms with Crippen molar-refractivity contribution >= 4 is 33.5 Å². The first kappa shape index (κ1) is 20.9. The van der Waals surface area contributed by atoms with Crippen LogP contribution in [0.2, 0.25) is 0 Å². The van der Waals surface area contributed by atoms with Crippen LogP contribution >= 0.6 is 23.5 Å². The molecule has 1 unspecified atom stereocenters. The number of piperidine rings is 1. The Kier molecular flexibility index (Phi) is 6.00. The predicted octanol–water partition coefficient (Wildman–Crippen LogP) is 3.35. The maximum absolute atomic E-state index is 12.8. The first-order chi connectivity index (χ1) is 15.1. The molecule has 3 aromatic heterocycles. The minimum atomic E-state index is -3.45. The lowest BCUT2D eigenvalue weighted by Crippen LogP contribution is -2.35. The zero-order valence-electron chi connectivity index (χ0n) is 16.8. The van der Waals surface area contributed by atoms with Gasteiger partial charge in [-0.05, 0) is 37.1 Å². The van der Waals surface area contributed by atoms with Crippen molar-refractivity contribution in [2.45, 2.75) is 40.4 Å². The summed E-state index contributed by atoms with van der Waals surface area (Å²) >= 11 is 3.32. The number of aromatic nitrogens is 5. The summed E-state index contributed by atoms with van der Waals surface area (Å²) < 4.78 is 29.3. The fourth-order valence-corrected chi connectivity index (χ4v) is 7.42. The van der Waals surface area contributed by atoms with Crippen molar-refractivity contribution < 1.29 is 8.42 Å². The summed E-state index contributed by atoms with van der Waals surface area (Å²) in [6.45, 7) is 1.19. The number of hydrogen-bond donors (Lipinski definition) is 0. The van der Waals surface area contributed by atoms with Gasteiger partial charge < -0.3 is 0 Å². The molecular weight excluding hydrogens is 452 g/mol. The van der Waals surface area contributed by atoms with Crippen LogP contribution in [0.3, 0.4) is 0 Å². The van der Waals surface area contributed by atoms with Crippen molar-refractivity contribution in [3.05, 3.63) is 42.9 Å². The highest BCUT2D eigenvalue weighted by molar-refractivity contribution is 8.00. The van der Waals surface area contributed by atoms with E-state index in [0.717, 1.165) is 52.3 Å². The van der Waals surface area contributed by atoms with E-state index >= 15 is 0 Å². The molecule has 1 atom stereocenters. The van der Waals surface area contributed by atoms with E-state index in [1.54, 1.807) is 52.4 Å². The molecule has 8 nitrogen and oxygen atoms in total. The molecule has 11 heteroatoms. The lowest BCUT2D eigenvalue weighted by atomic mass is 10.2. The molecular formula is C20H22N6O2S3. The van der Waals surface area contributed by atoms with Crippen LogP contribution in [0.25, 0.3) is 11.4 Å². The molecule has 0 aliphatic carbocycles. The zero-order valence-corrected chi connectivity index (χ0v) is 19.2. The second kappa shape index (κ2) is 8.89. The van der Waals surface area contributed by atoms with E-state index in [9.17, 15) is 8.42 Å². The molecule has 3 aromatic rings. The Labute approximate surface area is 189 Å². The van der Waals surface area contributed by atoms with Crippen LogP contribution in [0.4, 0.5) is 0 Å². The SMILES string of the molecule is O=S(=O)(c1ccc(SCC2CSc3nnc(-c4cccnc4)n32)nc1)N1CCCCC1. The molecule has 0 amide bonds. The molecule has 2 aliphatic rings. The Hall–Kier alpha value is -1.95. The van der Waals surface area contributed by atoms with Crippen LogP contribution in [0.1, 0.15) is 25.3 Å². The van der Waals surface area contributed by atoms with Crippen LogP contribution in [-0.4, -0.2) is 62.1 Å². The number of pyridine rings is 2. The fourth-order valence-electron chi connectivity index (χ4n) is 3.80. The van der Waals surface area contributed by atoms with Gasteiger partial charge in [-0.1, -0.05) is 18.2 Å². The Morgan fingerprint density at radius 1 is 1.10 bits per heavy atom. The summed E-state index contributed by atoms with van der Waals surface area (Å²) in [4.78, 5) is 8.89. The second-order valence-corrected chi connectivity index (χ2v) is 11.5. The fraction of sp³-hybridized carbons (Fsp3) is 0.400. The molecule has 0 aromatic carbocycles. The number of fused-ring (bicyclic) bond motifs is 1. The van der Waals surface area contributed by atoms with Crippen LogP contribution in [-0.2, 0) is 10.0 Å². The molecule has 0 spiro atoms. The van der Waals surface area contributed by atoms with Gasteiger partial charge in [0.25, 0.3) is 0 Å². The van der Waals surface area contributed by atoms with Crippen LogP contribution in [0, 0.1) is 0 Å². The molecule has 0 N–H and O–H groups in total. The molecule has 1 saturated heterocycles. The van der Waals surface area contributed by atoms with Gasteiger partial charge >= 0.3 is 0 Å². The predicted molar refractivity (Wildman–Crippen MR) is 121 cm³/mol. The third-order valence-corrected chi connectivity index (χ3v) is 9.50. The van der Waals surface area contributed by atoms with Crippen molar-refractivity contribution in [3.63, 3.8) is 0 Å². The first-order valence-electron chi connectivity index (χ1n) is 10.2. The van der Waals surface area contributed by atoms with Crippen LogP contribution in [0.15, 0.2) is 57.9 Å². The summed E-state index contributed by atoms with van der Waals surface area (Å²) in [6, 6.07) is 7.59. The summed E-state index contributed by atoms with van der Waals surface area (Å²) in [5.74, 6) is 2.55. The molecule has 162 valence electrons. The summed E-state index contributed by atoms with van der Waals surface area (Å²) in [5.41, 5.74) is 0.948. The average Bonchev–Trinajstić information content (AvgIpc) is 3.42. The lowest BCUT2D eigenvalue weighted by Gasteiger charge is -2.25. The molecule has 2 aliphatic heterocycles. The van der Waals surface area contributed by atoms with Gasteiger partial charge in [-0.25, -0.2) is 13.4 Å². The van der Waals surface area contributed by atoms with E-state index in [1.165, 1.54) is 6.20 Å². The smallest absolute Gasteiger partial charge is 0.244 e. The van der Waals surface area contributed by atoms with Crippen molar-refractivity contribution in [3.8, 4) is 11.4 Å². The minimum absolute atomic E-state index is 0.230. The Morgan fingerprint density at radius 2 is 1.97 bits per heavy atom. The lowest BCUT2D eigenvalue weighted by molar-refractivity contribution is 0.346. The van der Waals surface area contributed by atoms with Gasteiger partial charge in [-0.3, -0.25) is 9.55 Å². The highest BCUT2D eigenvalue weighted by Gasteiger charge is 2.29. The quantitative estimate of drug-likeness (QED) is 0.502. The number of hydrogen-bond acceptors (Lipinski definition) is 8. The van der Waals surface area contributed by atoms with Crippen LogP contribution in [0.5, 0.6) is 0 Å². The molecule has 0 radical (unpaired) electrons. The van der Waals surface area contributed by atoms with E-state index in [1.807, 2.05) is 12.1 Å². The van der Waals surface area contributed by atoms with Crippen molar-refractivity contribution in [2.75, 3.05) is 24.6 Å². The minimum Gasteiger partial charge on any atom is -0.297 e. The molecule has 5 rings (SSSR count). The van der Waals surface area contributed by atoms with Gasteiger partial charge in [-0.2, -0.15) is 4.31 Å². The normalized spacial score (nSPS) is 19.4. The number of rotatable bonds is 6. The molecule has 5 heterocycles. The van der Waals surface area contributed by atoms with E-state index in [0.29, 0.717) is 13.1 Å². The van der Waals surface area contributed by atoms with Crippen molar-refractivity contribution in [1.29, 1.82) is 0 Å². The van der Waals surface area contributed by atoms with Gasteiger partial charge in [0.1, 0.15) is 4.90 Å². The van der Waals surface area contributed by atoms with Crippen molar-refractivity contribution in [1.82, 2.24) is 29.0 Å². The summed E-state index contributed by atoms with van der Waals surface area (Å²) in [7, 11) is -3.45.